The van der Waals surface area contributed by atoms with E-state index in [0.29, 0.717) is 25.9 Å². The van der Waals surface area contributed by atoms with Crippen molar-refractivity contribution in [2.45, 2.75) is 77.4 Å². The number of ether oxygens (including phenoxy) is 2. The summed E-state index contributed by atoms with van der Waals surface area (Å²) in [6.07, 6.45) is 7.90. The van der Waals surface area contributed by atoms with E-state index in [1.807, 2.05) is 13.0 Å². The summed E-state index contributed by atoms with van der Waals surface area (Å²) in [5.74, 6) is -0.695. The molecule has 3 aliphatic rings. The van der Waals surface area contributed by atoms with E-state index in [1.165, 1.54) is 0 Å². The van der Waals surface area contributed by atoms with Gasteiger partial charge < -0.3 is 19.0 Å². The molecule has 1 aromatic rings. The summed E-state index contributed by atoms with van der Waals surface area (Å²) in [5, 5.41) is 11.1. The molecule has 0 bridgehead atoms. The molecule has 2 heterocycles. The number of hydrogen-bond donors (Lipinski definition) is 1. The Bertz CT molecular complexity index is 769. The van der Waals surface area contributed by atoms with Gasteiger partial charge in [-0.1, -0.05) is 20.3 Å². The minimum Gasteiger partial charge on any atom is -0.472 e. The van der Waals surface area contributed by atoms with Gasteiger partial charge in [0, 0.05) is 5.56 Å². The summed E-state index contributed by atoms with van der Waals surface area (Å²) >= 11 is 0. The number of aliphatic hydroxyl groups is 1. The SMILES string of the molecule is CCCCOC(=O)C1CC(C)(O)CC2C1CCC1C(=O)OC(c3ccoc3)CC12C. The molecule has 7 atom stereocenters. The summed E-state index contributed by atoms with van der Waals surface area (Å²) in [6, 6.07) is 1.84. The quantitative estimate of drug-likeness (QED) is 0.563. The van der Waals surface area contributed by atoms with E-state index in [1.54, 1.807) is 12.5 Å². The molecular formula is C24H34O6. The molecule has 4 rings (SSSR count). The topological polar surface area (TPSA) is 86.0 Å². The first-order valence-electron chi connectivity index (χ1n) is 11.4. The average Bonchev–Trinajstić information content (AvgIpc) is 3.22. The summed E-state index contributed by atoms with van der Waals surface area (Å²) in [5.41, 5.74) is -0.428. The summed E-state index contributed by atoms with van der Waals surface area (Å²) < 4.78 is 16.6. The number of hydrogen-bond acceptors (Lipinski definition) is 6. The predicted molar refractivity (Wildman–Crippen MR) is 109 cm³/mol. The van der Waals surface area contributed by atoms with Crippen LogP contribution in [0.25, 0.3) is 0 Å². The van der Waals surface area contributed by atoms with Crippen LogP contribution in [0, 0.1) is 29.1 Å². The molecule has 7 unspecified atom stereocenters. The third-order valence-electron chi connectivity index (χ3n) is 7.91. The van der Waals surface area contributed by atoms with Gasteiger partial charge in [-0.3, -0.25) is 9.59 Å². The zero-order valence-corrected chi connectivity index (χ0v) is 18.3. The fraction of sp³-hybridized carbons (Fsp3) is 0.750. The summed E-state index contributed by atoms with van der Waals surface area (Å²) in [4.78, 5) is 25.9. The van der Waals surface area contributed by atoms with Crippen molar-refractivity contribution in [1.29, 1.82) is 0 Å². The average molecular weight is 419 g/mol. The molecule has 1 aromatic heterocycles. The molecule has 0 amide bonds. The number of carbonyl (C=O) groups excluding carboxylic acids is 2. The molecule has 0 aromatic carbocycles. The maximum Gasteiger partial charge on any atom is 0.310 e. The van der Waals surface area contributed by atoms with Gasteiger partial charge in [0.1, 0.15) is 6.10 Å². The second-order valence-corrected chi connectivity index (χ2v) is 10.1. The number of unbranched alkanes of at least 4 members (excludes halogenated alkanes) is 1. The first kappa shape index (κ1) is 21.4. The lowest BCUT2D eigenvalue weighted by Crippen LogP contribution is -2.58. The third kappa shape index (κ3) is 3.79. The molecule has 166 valence electrons. The predicted octanol–water partition coefficient (Wildman–Crippen LogP) is 4.42. The Balaban J connectivity index is 1.62. The highest BCUT2D eigenvalue weighted by atomic mass is 16.5. The van der Waals surface area contributed by atoms with Crippen molar-refractivity contribution < 1.29 is 28.6 Å². The van der Waals surface area contributed by atoms with Crippen molar-refractivity contribution in [3.05, 3.63) is 24.2 Å². The first-order chi connectivity index (χ1) is 14.2. The Hall–Kier alpha value is -1.82. The summed E-state index contributed by atoms with van der Waals surface area (Å²) in [6.45, 7) is 6.47. The van der Waals surface area contributed by atoms with Gasteiger partial charge in [-0.15, -0.1) is 0 Å². The molecule has 0 spiro atoms. The van der Waals surface area contributed by atoms with Crippen molar-refractivity contribution in [2.75, 3.05) is 6.61 Å². The van der Waals surface area contributed by atoms with Crippen molar-refractivity contribution in [3.63, 3.8) is 0 Å². The molecule has 0 radical (unpaired) electrons. The van der Waals surface area contributed by atoms with E-state index in [2.05, 4.69) is 13.8 Å². The molecule has 2 saturated carbocycles. The molecule has 6 heteroatoms. The Morgan fingerprint density at radius 1 is 1.27 bits per heavy atom. The van der Waals surface area contributed by atoms with Crippen molar-refractivity contribution in [1.82, 2.24) is 0 Å². The van der Waals surface area contributed by atoms with E-state index in [9.17, 15) is 14.7 Å². The van der Waals surface area contributed by atoms with Gasteiger partial charge in [0.15, 0.2) is 0 Å². The van der Waals surface area contributed by atoms with Crippen LogP contribution in [0.3, 0.4) is 0 Å². The zero-order chi connectivity index (χ0) is 21.5. The second kappa shape index (κ2) is 8.03. The molecule has 1 saturated heterocycles. The third-order valence-corrected chi connectivity index (χ3v) is 7.91. The van der Waals surface area contributed by atoms with E-state index in [4.69, 9.17) is 13.9 Å². The lowest BCUT2D eigenvalue weighted by Gasteiger charge is -2.58. The van der Waals surface area contributed by atoms with Crippen LogP contribution in [0.1, 0.15) is 77.4 Å². The number of fused-ring (bicyclic) bond motifs is 3. The monoisotopic (exact) mass is 418 g/mol. The van der Waals surface area contributed by atoms with Gasteiger partial charge in [0.2, 0.25) is 0 Å². The Labute approximate surface area is 178 Å². The lowest BCUT2D eigenvalue weighted by molar-refractivity contribution is -0.202. The number of cyclic esters (lactones) is 1. The molecular weight excluding hydrogens is 384 g/mol. The molecule has 30 heavy (non-hydrogen) atoms. The zero-order valence-electron chi connectivity index (χ0n) is 18.3. The van der Waals surface area contributed by atoms with Gasteiger partial charge in [0.05, 0.1) is 36.6 Å². The van der Waals surface area contributed by atoms with Gasteiger partial charge in [-0.05, 0) is 68.8 Å². The smallest absolute Gasteiger partial charge is 0.310 e. The van der Waals surface area contributed by atoms with Gasteiger partial charge in [0.25, 0.3) is 0 Å². The van der Waals surface area contributed by atoms with Crippen molar-refractivity contribution >= 4 is 11.9 Å². The maximum absolute atomic E-state index is 13.0. The number of rotatable bonds is 5. The van der Waals surface area contributed by atoms with Gasteiger partial charge >= 0.3 is 11.9 Å². The molecule has 1 N–H and O–H groups in total. The molecule has 3 fully saturated rings. The Kier molecular flexibility index (Phi) is 5.73. The molecule has 6 nitrogen and oxygen atoms in total. The largest absolute Gasteiger partial charge is 0.472 e. The minimum atomic E-state index is -0.951. The van der Waals surface area contributed by atoms with E-state index in [-0.39, 0.29) is 47.1 Å². The van der Waals surface area contributed by atoms with Crippen LogP contribution in [0.4, 0.5) is 0 Å². The fourth-order valence-electron chi connectivity index (χ4n) is 6.36. The van der Waals surface area contributed by atoms with Crippen LogP contribution >= 0.6 is 0 Å². The van der Waals surface area contributed by atoms with Crippen LogP contribution in [-0.2, 0) is 19.1 Å². The number of esters is 2. The fourth-order valence-corrected chi connectivity index (χ4v) is 6.36. The molecule has 1 aliphatic heterocycles. The van der Waals surface area contributed by atoms with Crippen LogP contribution in [-0.4, -0.2) is 29.3 Å². The first-order valence-corrected chi connectivity index (χ1v) is 11.4. The van der Waals surface area contributed by atoms with E-state index >= 15 is 0 Å². The standard InChI is InChI=1S/C24H34O6/c1-4-5-9-29-21(25)17-11-23(2,27)12-19-16(17)6-7-18-22(26)30-20(13-24(18,19)3)15-8-10-28-14-15/h8,10,14,16-20,27H,4-7,9,11-13H2,1-3H3. The van der Waals surface area contributed by atoms with Crippen LogP contribution in [0.15, 0.2) is 23.0 Å². The number of carbonyl (C=O) groups is 2. The van der Waals surface area contributed by atoms with Crippen LogP contribution < -0.4 is 0 Å². The minimum absolute atomic E-state index is 0.0611. The normalized spacial score (nSPS) is 40.8. The van der Waals surface area contributed by atoms with Crippen molar-refractivity contribution in [2.24, 2.45) is 29.1 Å². The van der Waals surface area contributed by atoms with Crippen LogP contribution in [0.2, 0.25) is 0 Å². The highest BCUT2D eigenvalue weighted by molar-refractivity contribution is 5.76. The number of furan rings is 1. The maximum atomic E-state index is 13.0. The van der Waals surface area contributed by atoms with Crippen molar-refractivity contribution in [3.8, 4) is 0 Å². The Morgan fingerprint density at radius 3 is 2.77 bits per heavy atom. The highest BCUT2D eigenvalue weighted by Gasteiger charge is 2.61. The summed E-state index contributed by atoms with van der Waals surface area (Å²) in [7, 11) is 0. The molecule has 2 aliphatic carbocycles. The van der Waals surface area contributed by atoms with Crippen LogP contribution in [0.5, 0.6) is 0 Å². The van der Waals surface area contributed by atoms with Gasteiger partial charge in [-0.2, -0.15) is 0 Å². The highest BCUT2D eigenvalue weighted by Crippen LogP contribution is 2.62. The second-order valence-electron chi connectivity index (χ2n) is 10.1. The van der Waals surface area contributed by atoms with Gasteiger partial charge in [-0.25, -0.2) is 0 Å². The lowest BCUT2D eigenvalue weighted by atomic mass is 9.47. The van der Waals surface area contributed by atoms with E-state index < -0.39 is 5.60 Å². The van der Waals surface area contributed by atoms with E-state index in [0.717, 1.165) is 31.2 Å². The Morgan fingerprint density at radius 2 is 2.07 bits per heavy atom.